The molecule has 1 nitrogen and oxygen atoms in total. The molecule has 0 aromatic heterocycles. The molecule has 2 rings (SSSR count). The van der Waals surface area contributed by atoms with Crippen molar-refractivity contribution in [2.24, 2.45) is 5.41 Å². The van der Waals surface area contributed by atoms with Gasteiger partial charge in [-0.1, -0.05) is 44.0 Å². The highest BCUT2D eigenvalue weighted by Gasteiger charge is 2.36. The van der Waals surface area contributed by atoms with Gasteiger partial charge in [0.1, 0.15) is 0 Å². The third-order valence-electron chi connectivity index (χ3n) is 4.37. The molecule has 0 bridgehead atoms. The Morgan fingerprint density at radius 2 is 1.94 bits per heavy atom. The van der Waals surface area contributed by atoms with Gasteiger partial charge in [0, 0.05) is 12.6 Å². The lowest BCUT2D eigenvalue weighted by atomic mass is 9.65. The number of aryl methyl sites for hydroxylation is 2. The fourth-order valence-corrected chi connectivity index (χ4v) is 2.91. The largest absolute Gasteiger partial charge is 0.314 e. The summed E-state index contributed by atoms with van der Waals surface area (Å²) < 4.78 is 0. The van der Waals surface area contributed by atoms with Crippen molar-refractivity contribution in [1.82, 2.24) is 5.32 Å². The van der Waals surface area contributed by atoms with Crippen LogP contribution in [0.3, 0.4) is 0 Å². The van der Waals surface area contributed by atoms with Crippen LogP contribution in [0.5, 0.6) is 0 Å². The van der Waals surface area contributed by atoms with Crippen LogP contribution in [0, 0.1) is 19.3 Å². The molecule has 1 aromatic carbocycles. The van der Waals surface area contributed by atoms with Gasteiger partial charge in [0.25, 0.3) is 0 Å². The number of hydrogen-bond donors (Lipinski definition) is 1. The fourth-order valence-electron chi connectivity index (χ4n) is 2.91. The van der Waals surface area contributed by atoms with Gasteiger partial charge in [-0.3, -0.25) is 0 Å². The van der Waals surface area contributed by atoms with Gasteiger partial charge in [0.05, 0.1) is 0 Å². The molecule has 0 spiro atoms. The molecule has 0 heterocycles. The van der Waals surface area contributed by atoms with Crippen LogP contribution in [0.2, 0.25) is 0 Å². The highest BCUT2D eigenvalue weighted by Crippen LogP contribution is 2.43. The lowest BCUT2D eigenvalue weighted by Gasteiger charge is -2.43. The first-order valence-corrected chi connectivity index (χ1v) is 7.30. The Labute approximate surface area is 112 Å². The smallest absolute Gasteiger partial charge is 0.00134 e. The zero-order valence-corrected chi connectivity index (χ0v) is 12.3. The Kier molecular flexibility index (Phi) is 4.11. The molecule has 1 aliphatic rings. The van der Waals surface area contributed by atoms with E-state index in [0.717, 1.165) is 0 Å². The number of benzene rings is 1. The third kappa shape index (κ3) is 3.14. The summed E-state index contributed by atoms with van der Waals surface area (Å²) in [6.07, 6.45) is 5.44. The van der Waals surface area contributed by atoms with Gasteiger partial charge in [-0.05, 0) is 49.7 Å². The average Bonchev–Trinajstić information content (AvgIpc) is 2.26. The molecule has 0 unspecified atom stereocenters. The van der Waals surface area contributed by atoms with E-state index in [2.05, 4.69) is 51.2 Å². The van der Waals surface area contributed by atoms with Crippen molar-refractivity contribution in [2.75, 3.05) is 6.54 Å². The van der Waals surface area contributed by atoms with Gasteiger partial charge in [-0.15, -0.1) is 0 Å². The summed E-state index contributed by atoms with van der Waals surface area (Å²) in [5.74, 6) is 0. The normalized spacial score (nSPS) is 17.8. The van der Waals surface area contributed by atoms with Crippen LogP contribution >= 0.6 is 0 Å². The first-order chi connectivity index (χ1) is 8.51. The Bertz CT molecular complexity index is 402. The monoisotopic (exact) mass is 245 g/mol. The molecule has 1 aliphatic carbocycles. The van der Waals surface area contributed by atoms with Gasteiger partial charge < -0.3 is 5.32 Å². The number of rotatable bonds is 5. The van der Waals surface area contributed by atoms with E-state index in [-0.39, 0.29) is 0 Å². The highest BCUT2D eigenvalue weighted by atomic mass is 14.9. The molecule has 1 fully saturated rings. The summed E-state index contributed by atoms with van der Waals surface area (Å²) in [5.41, 5.74) is 4.93. The summed E-state index contributed by atoms with van der Waals surface area (Å²) in [6.45, 7) is 10.1. The molecular formula is C17H27N. The Balaban J connectivity index is 2.07. The molecule has 0 aliphatic heterocycles. The van der Waals surface area contributed by atoms with Crippen molar-refractivity contribution < 1.29 is 0 Å². The molecule has 1 aromatic rings. The van der Waals surface area contributed by atoms with Gasteiger partial charge >= 0.3 is 0 Å². The topological polar surface area (TPSA) is 12.0 Å². The lowest BCUT2D eigenvalue weighted by molar-refractivity contribution is 0.126. The van der Waals surface area contributed by atoms with Crippen molar-refractivity contribution in [3.63, 3.8) is 0 Å². The quantitative estimate of drug-likeness (QED) is 0.826. The van der Waals surface area contributed by atoms with E-state index >= 15 is 0 Å². The van der Waals surface area contributed by atoms with Crippen LogP contribution in [-0.4, -0.2) is 12.6 Å². The number of nitrogens with one attached hydrogen (secondary N) is 1. The lowest BCUT2D eigenvalue weighted by Crippen LogP contribution is -2.43. The van der Waals surface area contributed by atoms with E-state index in [9.17, 15) is 0 Å². The van der Waals surface area contributed by atoms with E-state index in [0.29, 0.717) is 11.5 Å². The molecule has 0 amide bonds. The Morgan fingerprint density at radius 1 is 1.22 bits per heavy atom. The molecule has 1 N–H and O–H groups in total. The van der Waals surface area contributed by atoms with Crippen LogP contribution in [0.1, 0.15) is 49.8 Å². The minimum Gasteiger partial charge on any atom is -0.314 e. The van der Waals surface area contributed by atoms with Crippen LogP contribution < -0.4 is 5.32 Å². The summed E-state index contributed by atoms with van der Waals surface area (Å²) >= 11 is 0. The maximum Gasteiger partial charge on any atom is 0.00134 e. The van der Waals surface area contributed by atoms with Crippen LogP contribution in [0.15, 0.2) is 18.2 Å². The molecule has 0 radical (unpaired) electrons. The maximum absolute atomic E-state index is 3.64. The van der Waals surface area contributed by atoms with Gasteiger partial charge in [0.15, 0.2) is 0 Å². The van der Waals surface area contributed by atoms with Crippen molar-refractivity contribution in [2.45, 2.75) is 59.4 Å². The zero-order valence-electron chi connectivity index (χ0n) is 12.3. The standard InChI is InChI=1S/C17H27N/c1-13(2)18-12-17(8-5-9-17)11-16-10-14(3)6-7-15(16)4/h6-7,10,13,18H,5,8-9,11-12H2,1-4H3. The van der Waals surface area contributed by atoms with Crippen LogP contribution in [0.4, 0.5) is 0 Å². The molecule has 1 heteroatoms. The Hall–Kier alpha value is -0.820. The maximum atomic E-state index is 3.64. The second kappa shape index (κ2) is 5.44. The van der Waals surface area contributed by atoms with Crippen LogP contribution in [-0.2, 0) is 6.42 Å². The minimum absolute atomic E-state index is 0.531. The van der Waals surface area contributed by atoms with E-state index < -0.39 is 0 Å². The highest BCUT2D eigenvalue weighted by molar-refractivity contribution is 5.31. The minimum atomic E-state index is 0.531. The molecule has 1 saturated carbocycles. The van der Waals surface area contributed by atoms with Crippen molar-refractivity contribution in [3.8, 4) is 0 Å². The molecular weight excluding hydrogens is 218 g/mol. The predicted molar refractivity (Wildman–Crippen MR) is 79.0 cm³/mol. The first kappa shape index (κ1) is 13.6. The summed E-state index contributed by atoms with van der Waals surface area (Å²) in [6, 6.07) is 7.47. The van der Waals surface area contributed by atoms with E-state index in [1.165, 1.54) is 43.4 Å². The summed E-state index contributed by atoms with van der Waals surface area (Å²) in [5, 5.41) is 3.64. The predicted octanol–water partition coefficient (Wildman–Crippen LogP) is 4.01. The van der Waals surface area contributed by atoms with Gasteiger partial charge in [-0.2, -0.15) is 0 Å². The van der Waals surface area contributed by atoms with Gasteiger partial charge in [-0.25, -0.2) is 0 Å². The average molecular weight is 245 g/mol. The van der Waals surface area contributed by atoms with E-state index in [4.69, 9.17) is 0 Å². The summed E-state index contributed by atoms with van der Waals surface area (Å²) in [4.78, 5) is 0. The SMILES string of the molecule is Cc1ccc(C)c(CC2(CNC(C)C)CCC2)c1. The second-order valence-corrected chi connectivity index (χ2v) is 6.50. The van der Waals surface area contributed by atoms with E-state index in [1.54, 1.807) is 5.56 Å². The second-order valence-electron chi connectivity index (χ2n) is 6.50. The van der Waals surface area contributed by atoms with Crippen LogP contribution in [0.25, 0.3) is 0 Å². The zero-order chi connectivity index (χ0) is 13.2. The van der Waals surface area contributed by atoms with Crippen molar-refractivity contribution in [3.05, 3.63) is 34.9 Å². The summed E-state index contributed by atoms with van der Waals surface area (Å²) in [7, 11) is 0. The van der Waals surface area contributed by atoms with Crippen molar-refractivity contribution >= 4 is 0 Å². The Morgan fingerprint density at radius 3 is 2.50 bits per heavy atom. The van der Waals surface area contributed by atoms with E-state index in [1.807, 2.05) is 0 Å². The molecule has 100 valence electrons. The first-order valence-electron chi connectivity index (χ1n) is 7.30. The molecule has 0 atom stereocenters. The fraction of sp³-hybridized carbons (Fsp3) is 0.647. The third-order valence-corrected chi connectivity index (χ3v) is 4.37. The van der Waals surface area contributed by atoms with Gasteiger partial charge in [0.2, 0.25) is 0 Å². The number of hydrogen-bond acceptors (Lipinski definition) is 1. The van der Waals surface area contributed by atoms with Crippen molar-refractivity contribution in [1.29, 1.82) is 0 Å². The molecule has 0 saturated heterocycles. The molecule has 18 heavy (non-hydrogen) atoms.